The third-order valence-corrected chi connectivity index (χ3v) is 4.02. The smallest absolute Gasteiger partial charge is 0.308 e. The van der Waals surface area contributed by atoms with Crippen LogP contribution in [0.15, 0.2) is 42.1 Å². The molecule has 0 aliphatic rings. The van der Waals surface area contributed by atoms with Gasteiger partial charge in [-0.15, -0.1) is 6.58 Å². The molecule has 0 spiro atoms. The molecule has 0 atom stereocenters. The highest BCUT2D eigenvalue weighted by atomic mass is 32.2. The fourth-order valence-corrected chi connectivity index (χ4v) is 2.73. The van der Waals surface area contributed by atoms with Crippen molar-refractivity contribution < 1.29 is 18.0 Å². The van der Waals surface area contributed by atoms with Crippen LogP contribution in [-0.4, -0.2) is 21.1 Å². The molecule has 2 aromatic rings. The van der Waals surface area contributed by atoms with Crippen molar-refractivity contribution in [2.75, 3.05) is 16.4 Å². The molecule has 0 unspecified atom stereocenters. The van der Waals surface area contributed by atoms with Crippen LogP contribution in [-0.2, 0) is 6.18 Å². The van der Waals surface area contributed by atoms with Gasteiger partial charge in [0.05, 0.1) is 5.56 Å². The van der Waals surface area contributed by atoms with E-state index in [-0.39, 0.29) is 5.69 Å². The van der Waals surface area contributed by atoms with E-state index in [1.165, 1.54) is 23.9 Å². The van der Waals surface area contributed by atoms with Crippen LogP contribution in [0.4, 0.5) is 28.8 Å². The molecule has 2 amide bonds. The van der Waals surface area contributed by atoms with Crippen LogP contribution in [0.5, 0.6) is 0 Å². The molecule has 2 N–H and O–H groups in total. The van der Waals surface area contributed by atoms with Gasteiger partial charge in [0.15, 0.2) is 0 Å². The Bertz CT molecular complexity index is 685. The largest absolute Gasteiger partial charge is 0.416 e. The number of amides is 2. The lowest BCUT2D eigenvalue weighted by atomic mass is 10.2. The van der Waals surface area contributed by atoms with Gasteiger partial charge in [0.1, 0.15) is 0 Å². The van der Waals surface area contributed by atoms with Crippen molar-refractivity contribution in [1.82, 2.24) is 9.36 Å². The zero-order valence-electron chi connectivity index (χ0n) is 11.6. The number of nitrogens with one attached hydrogen (secondary N) is 2. The van der Waals surface area contributed by atoms with E-state index in [2.05, 4.69) is 26.6 Å². The Balaban J connectivity index is 1.91. The van der Waals surface area contributed by atoms with Crippen LogP contribution in [0.25, 0.3) is 0 Å². The van der Waals surface area contributed by atoms with Crippen LogP contribution >= 0.6 is 23.3 Å². The quantitative estimate of drug-likeness (QED) is 0.609. The first kappa shape index (κ1) is 17.3. The number of nitrogens with zero attached hydrogens (tertiary/aromatic N) is 2. The summed E-state index contributed by atoms with van der Waals surface area (Å²) in [5.41, 5.74) is -0.544. The molecule has 0 saturated heterocycles. The summed E-state index contributed by atoms with van der Waals surface area (Å²) in [4.78, 5) is 15.8. The molecule has 0 aliphatic heterocycles. The summed E-state index contributed by atoms with van der Waals surface area (Å²) in [7, 11) is 0. The van der Waals surface area contributed by atoms with E-state index in [0.717, 1.165) is 23.7 Å². The van der Waals surface area contributed by atoms with Gasteiger partial charge >= 0.3 is 12.2 Å². The maximum atomic E-state index is 12.4. The van der Waals surface area contributed by atoms with Gasteiger partial charge in [-0.05, 0) is 24.3 Å². The van der Waals surface area contributed by atoms with Gasteiger partial charge in [-0.3, -0.25) is 5.32 Å². The molecule has 1 aromatic carbocycles. The maximum Gasteiger partial charge on any atom is 0.416 e. The Hall–Kier alpha value is -2.07. The van der Waals surface area contributed by atoms with Crippen molar-refractivity contribution in [1.29, 1.82) is 0 Å². The zero-order chi connectivity index (χ0) is 16.9. The summed E-state index contributed by atoms with van der Waals surface area (Å²) in [5, 5.41) is 5.69. The average molecular weight is 360 g/mol. The first-order chi connectivity index (χ1) is 10.9. The minimum absolute atomic E-state index is 0.237. The Morgan fingerprint density at radius 3 is 2.61 bits per heavy atom. The minimum Gasteiger partial charge on any atom is -0.308 e. The summed E-state index contributed by atoms with van der Waals surface area (Å²) < 4.78 is 41.3. The molecule has 0 fully saturated rings. The molecule has 0 aliphatic carbocycles. The van der Waals surface area contributed by atoms with E-state index >= 15 is 0 Å². The predicted octanol–water partition coefficient (Wildman–Crippen LogP) is 4.48. The summed E-state index contributed by atoms with van der Waals surface area (Å²) in [6.07, 6.45) is -2.71. The van der Waals surface area contributed by atoms with E-state index in [9.17, 15) is 18.0 Å². The van der Waals surface area contributed by atoms with Crippen LogP contribution in [0.3, 0.4) is 0 Å². The lowest BCUT2D eigenvalue weighted by molar-refractivity contribution is -0.137. The number of halogens is 3. The van der Waals surface area contributed by atoms with Gasteiger partial charge in [-0.1, -0.05) is 17.8 Å². The maximum absolute atomic E-state index is 12.4. The van der Waals surface area contributed by atoms with E-state index in [1.54, 1.807) is 6.08 Å². The molecule has 2 rings (SSSR count). The van der Waals surface area contributed by atoms with E-state index in [1.807, 2.05) is 0 Å². The van der Waals surface area contributed by atoms with Gasteiger partial charge in [0, 0.05) is 23.0 Å². The highest BCUT2D eigenvalue weighted by Gasteiger charge is 2.29. The average Bonchev–Trinajstić information content (AvgIpc) is 2.92. The Morgan fingerprint density at radius 2 is 2.00 bits per heavy atom. The van der Waals surface area contributed by atoms with Gasteiger partial charge < -0.3 is 5.32 Å². The van der Waals surface area contributed by atoms with Gasteiger partial charge in [0.2, 0.25) is 10.3 Å². The molecular formula is C13H11F3N4OS2. The number of rotatable bonds is 5. The van der Waals surface area contributed by atoms with E-state index < -0.39 is 17.8 Å². The summed E-state index contributed by atoms with van der Waals surface area (Å²) >= 11 is 2.38. The lowest BCUT2D eigenvalue weighted by Crippen LogP contribution is -2.19. The highest BCUT2D eigenvalue weighted by molar-refractivity contribution is 7.99. The SMILES string of the molecule is C=CCSc1nsc(NC(=O)Nc2ccc(C(F)(F)F)cc2)n1. The Labute approximate surface area is 138 Å². The van der Waals surface area contributed by atoms with Gasteiger partial charge in [-0.25, -0.2) is 4.79 Å². The summed E-state index contributed by atoms with van der Waals surface area (Å²) in [5.74, 6) is 0.647. The van der Waals surface area contributed by atoms with Gasteiger partial charge in [0.25, 0.3) is 0 Å². The van der Waals surface area contributed by atoms with Crippen LogP contribution in [0.2, 0.25) is 0 Å². The van der Waals surface area contributed by atoms with Crippen LogP contribution in [0.1, 0.15) is 5.56 Å². The Kier molecular flexibility index (Phi) is 5.61. The monoisotopic (exact) mass is 360 g/mol. The second-order valence-electron chi connectivity index (χ2n) is 4.14. The molecule has 5 nitrogen and oxygen atoms in total. The van der Waals surface area contributed by atoms with Crippen molar-refractivity contribution in [2.45, 2.75) is 11.3 Å². The van der Waals surface area contributed by atoms with Crippen LogP contribution in [0, 0.1) is 0 Å². The number of hydrogen-bond acceptors (Lipinski definition) is 5. The normalized spacial score (nSPS) is 11.1. The third kappa shape index (κ3) is 5.25. The van der Waals surface area contributed by atoms with E-state index in [4.69, 9.17) is 0 Å². The van der Waals surface area contributed by atoms with Crippen molar-refractivity contribution in [3.8, 4) is 0 Å². The van der Waals surface area contributed by atoms with Gasteiger partial charge in [-0.2, -0.15) is 22.5 Å². The number of carbonyl (C=O) groups excluding carboxylic acids is 1. The molecule has 1 heterocycles. The summed E-state index contributed by atoms with van der Waals surface area (Å²) in [6, 6.07) is 3.53. The number of urea groups is 1. The van der Waals surface area contributed by atoms with Crippen LogP contribution < -0.4 is 10.6 Å². The predicted molar refractivity (Wildman–Crippen MR) is 84.9 cm³/mol. The molecule has 0 bridgehead atoms. The molecule has 122 valence electrons. The first-order valence-corrected chi connectivity index (χ1v) is 7.97. The summed E-state index contributed by atoms with van der Waals surface area (Å²) in [6.45, 7) is 3.58. The van der Waals surface area contributed by atoms with Crippen molar-refractivity contribution in [3.05, 3.63) is 42.5 Å². The fourth-order valence-electron chi connectivity index (χ4n) is 1.45. The number of carbonyl (C=O) groups is 1. The third-order valence-electron chi connectivity index (χ3n) is 2.43. The second kappa shape index (κ2) is 7.47. The standard InChI is InChI=1S/C13H11F3N4OS2/c1-2-7-22-12-19-11(23-20-12)18-10(21)17-9-5-3-8(4-6-9)13(14,15)16/h2-6H,1,7H2,(H2,17,18,19,20,21). The number of alkyl halides is 3. The number of hydrogen-bond donors (Lipinski definition) is 2. The van der Waals surface area contributed by atoms with E-state index in [0.29, 0.717) is 16.0 Å². The molecule has 0 radical (unpaired) electrons. The fraction of sp³-hybridized carbons (Fsp3) is 0.154. The number of anilines is 2. The topological polar surface area (TPSA) is 66.9 Å². The van der Waals surface area contributed by atoms with Crippen molar-refractivity contribution in [2.24, 2.45) is 0 Å². The number of benzene rings is 1. The second-order valence-corrected chi connectivity index (χ2v) is 5.88. The van der Waals surface area contributed by atoms with Crippen molar-refractivity contribution in [3.63, 3.8) is 0 Å². The minimum atomic E-state index is -4.41. The Morgan fingerprint density at radius 1 is 1.30 bits per heavy atom. The lowest BCUT2D eigenvalue weighted by Gasteiger charge is -2.08. The molecule has 1 aromatic heterocycles. The molecule has 0 saturated carbocycles. The van der Waals surface area contributed by atoms with Crippen molar-refractivity contribution >= 4 is 40.1 Å². The molecule has 10 heteroatoms. The first-order valence-electron chi connectivity index (χ1n) is 6.21. The molecular weight excluding hydrogens is 349 g/mol. The number of thioether (sulfide) groups is 1. The number of aromatic nitrogens is 2. The molecule has 23 heavy (non-hydrogen) atoms. The zero-order valence-corrected chi connectivity index (χ0v) is 13.2. The highest BCUT2D eigenvalue weighted by Crippen LogP contribution is 2.29.